The topological polar surface area (TPSA) is 38.9 Å². The lowest BCUT2D eigenvalue weighted by molar-refractivity contribution is 0.733. The summed E-state index contributed by atoms with van der Waals surface area (Å²) in [5.74, 6) is 1.18. The zero-order chi connectivity index (χ0) is 10.1. The third kappa shape index (κ3) is 5.52. The van der Waals surface area contributed by atoms with Gasteiger partial charge in [-0.05, 0) is 42.3 Å². The number of unbranched alkanes of at least 4 members (excludes halogenated alkanes) is 2. The van der Waals surface area contributed by atoms with E-state index in [0.717, 1.165) is 18.0 Å². The van der Waals surface area contributed by atoms with Gasteiger partial charge in [0.2, 0.25) is 0 Å². The number of rotatable bonds is 7. The molecule has 1 aromatic rings. The van der Waals surface area contributed by atoms with E-state index < -0.39 is 0 Å². The minimum absolute atomic E-state index is 0.818. The summed E-state index contributed by atoms with van der Waals surface area (Å²) in [7, 11) is 3.62. The second-order valence-corrected chi connectivity index (χ2v) is 5.36. The van der Waals surface area contributed by atoms with Gasteiger partial charge in [0, 0.05) is 11.9 Å². The molecule has 14 heavy (non-hydrogen) atoms. The Bertz CT molecular complexity index is 229. The fourth-order valence-corrected chi connectivity index (χ4v) is 3.01. The first-order chi connectivity index (χ1) is 6.93. The molecule has 1 heterocycles. The second-order valence-electron chi connectivity index (χ2n) is 2.92. The van der Waals surface area contributed by atoms with Crippen molar-refractivity contribution in [3.05, 3.63) is 24.4 Å². The normalized spacial score (nSPS) is 10.4. The van der Waals surface area contributed by atoms with Gasteiger partial charge in [-0.1, -0.05) is 23.3 Å². The molecule has 2 N–H and O–H groups in total. The van der Waals surface area contributed by atoms with E-state index >= 15 is 0 Å². The molecule has 0 aliphatic carbocycles. The quantitative estimate of drug-likeness (QED) is 0.575. The molecule has 0 atom stereocenters. The molecule has 0 amide bonds. The van der Waals surface area contributed by atoms with Crippen molar-refractivity contribution in [2.24, 2.45) is 5.73 Å². The van der Waals surface area contributed by atoms with Gasteiger partial charge in [-0.15, -0.1) is 0 Å². The van der Waals surface area contributed by atoms with Crippen LogP contribution < -0.4 is 5.73 Å². The molecule has 0 spiro atoms. The third-order valence-corrected chi connectivity index (χ3v) is 4.07. The molecular formula is C10H16N2S2. The summed E-state index contributed by atoms with van der Waals surface area (Å²) in [6, 6.07) is 6.00. The minimum atomic E-state index is 0.818. The van der Waals surface area contributed by atoms with Crippen LogP contribution in [0, 0.1) is 0 Å². The summed E-state index contributed by atoms with van der Waals surface area (Å²) in [6.07, 6.45) is 5.47. The van der Waals surface area contributed by atoms with E-state index in [0.29, 0.717) is 0 Å². The van der Waals surface area contributed by atoms with Gasteiger partial charge in [-0.25, -0.2) is 4.98 Å². The third-order valence-electron chi connectivity index (χ3n) is 1.71. The van der Waals surface area contributed by atoms with E-state index in [4.69, 9.17) is 5.73 Å². The Labute approximate surface area is 93.5 Å². The Morgan fingerprint density at radius 3 is 2.86 bits per heavy atom. The van der Waals surface area contributed by atoms with Gasteiger partial charge in [0.15, 0.2) is 0 Å². The highest BCUT2D eigenvalue weighted by Crippen LogP contribution is 2.29. The molecule has 0 unspecified atom stereocenters. The fourth-order valence-electron chi connectivity index (χ4n) is 0.981. The zero-order valence-electron chi connectivity index (χ0n) is 8.19. The number of hydrogen-bond donors (Lipinski definition) is 1. The number of hydrogen-bond acceptors (Lipinski definition) is 4. The summed E-state index contributed by atoms with van der Waals surface area (Å²) in [6.45, 7) is 0.818. The lowest BCUT2D eigenvalue weighted by Crippen LogP contribution is -1.97. The Kier molecular flexibility index (Phi) is 6.91. The van der Waals surface area contributed by atoms with Crippen molar-refractivity contribution >= 4 is 21.6 Å². The van der Waals surface area contributed by atoms with E-state index in [2.05, 4.69) is 4.98 Å². The van der Waals surface area contributed by atoms with E-state index in [1.165, 1.54) is 18.6 Å². The van der Waals surface area contributed by atoms with Crippen molar-refractivity contribution in [3.63, 3.8) is 0 Å². The van der Waals surface area contributed by atoms with Gasteiger partial charge < -0.3 is 5.73 Å². The van der Waals surface area contributed by atoms with E-state index in [-0.39, 0.29) is 0 Å². The molecule has 0 fully saturated rings. The highest BCUT2D eigenvalue weighted by Gasteiger charge is 1.94. The lowest BCUT2D eigenvalue weighted by atomic mass is 10.2. The van der Waals surface area contributed by atoms with Gasteiger partial charge in [0.1, 0.15) is 5.03 Å². The first kappa shape index (κ1) is 11.9. The van der Waals surface area contributed by atoms with Crippen molar-refractivity contribution in [3.8, 4) is 0 Å². The Balaban J connectivity index is 1.99. The molecule has 0 bridgehead atoms. The van der Waals surface area contributed by atoms with Gasteiger partial charge in [0.25, 0.3) is 0 Å². The molecule has 0 saturated heterocycles. The van der Waals surface area contributed by atoms with Crippen LogP contribution in [0.4, 0.5) is 0 Å². The summed E-state index contributed by atoms with van der Waals surface area (Å²) in [5.41, 5.74) is 5.41. The molecule has 1 aromatic heterocycles. The standard InChI is InChI=1S/C10H16N2S2/c11-7-3-1-5-9-13-14-10-6-2-4-8-12-10/h2,4,6,8H,1,3,5,7,9,11H2. The number of nitrogens with two attached hydrogens (primary N) is 1. The maximum absolute atomic E-state index is 5.41. The molecular weight excluding hydrogens is 212 g/mol. The number of aromatic nitrogens is 1. The Morgan fingerprint density at radius 2 is 2.14 bits per heavy atom. The van der Waals surface area contributed by atoms with Crippen molar-refractivity contribution < 1.29 is 0 Å². The molecule has 0 aliphatic rings. The molecule has 0 saturated carbocycles. The van der Waals surface area contributed by atoms with Crippen LogP contribution in [0.1, 0.15) is 19.3 Å². The average molecular weight is 228 g/mol. The van der Waals surface area contributed by atoms with Gasteiger partial charge in [-0.2, -0.15) is 0 Å². The maximum Gasteiger partial charge on any atom is 0.106 e. The molecule has 1 rings (SSSR count). The van der Waals surface area contributed by atoms with E-state index in [1.807, 2.05) is 35.2 Å². The highest BCUT2D eigenvalue weighted by atomic mass is 33.1. The van der Waals surface area contributed by atoms with Crippen LogP contribution >= 0.6 is 21.6 Å². The van der Waals surface area contributed by atoms with Gasteiger partial charge in [0.05, 0.1) is 0 Å². The second kappa shape index (κ2) is 8.15. The molecule has 2 nitrogen and oxygen atoms in total. The molecule has 0 aliphatic heterocycles. The van der Waals surface area contributed by atoms with Crippen LogP contribution in [0.15, 0.2) is 29.4 Å². The first-order valence-corrected chi connectivity index (χ1v) is 7.16. The average Bonchev–Trinajstić information content (AvgIpc) is 2.25. The Hall–Kier alpha value is -0.190. The fraction of sp³-hybridized carbons (Fsp3) is 0.500. The van der Waals surface area contributed by atoms with Crippen LogP contribution in [0.5, 0.6) is 0 Å². The first-order valence-electron chi connectivity index (χ1n) is 4.84. The van der Waals surface area contributed by atoms with Crippen LogP contribution in [0.2, 0.25) is 0 Å². The number of nitrogens with zero attached hydrogens (tertiary/aromatic N) is 1. The molecule has 0 radical (unpaired) electrons. The van der Waals surface area contributed by atoms with E-state index in [9.17, 15) is 0 Å². The molecule has 4 heteroatoms. The van der Waals surface area contributed by atoms with E-state index in [1.54, 1.807) is 10.8 Å². The van der Waals surface area contributed by atoms with Crippen LogP contribution in [0.25, 0.3) is 0 Å². The van der Waals surface area contributed by atoms with Crippen molar-refractivity contribution in [2.75, 3.05) is 12.3 Å². The summed E-state index contributed by atoms with van der Waals surface area (Å²) >= 11 is 0. The SMILES string of the molecule is NCCCCCSSc1ccccn1. The highest BCUT2D eigenvalue weighted by molar-refractivity contribution is 8.76. The molecule has 78 valence electrons. The predicted octanol–water partition coefficient (Wildman–Crippen LogP) is 2.95. The smallest absolute Gasteiger partial charge is 0.106 e. The van der Waals surface area contributed by atoms with Crippen molar-refractivity contribution in [2.45, 2.75) is 24.3 Å². The monoisotopic (exact) mass is 228 g/mol. The predicted molar refractivity (Wildman–Crippen MR) is 65.5 cm³/mol. The summed E-state index contributed by atoms with van der Waals surface area (Å²) in [5, 5.41) is 1.09. The van der Waals surface area contributed by atoms with Crippen LogP contribution in [-0.4, -0.2) is 17.3 Å². The summed E-state index contributed by atoms with van der Waals surface area (Å²) < 4.78 is 0. The van der Waals surface area contributed by atoms with Crippen LogP contribution in [0.3, 0.4) is 0 Å². The van der Waals surface area contributed by atoms with Crippen LogP contribution in [-0.2, 0) is 0 Å². The Morgan fingerprint density at radius 1 is 1.21 bits per heavy atom. The number of pyridine rings is 1. The van der Waals surface area contributed by atoms with Gasteiger partial charge >= 0.3 is 0 Å². The van der Waals surface area contributed by atoms with Crippen molar-refractivity contribution in [1.29, 1.82) is 0 Å². The minimum Gasteiger partial charge on any atom is -0.330 e. The summed E-state index contributed by atoms with van der Waals surface area (Å²) in [4.78, 5) is 4.23. The largest absolute Gasteiger partial charge is 0.330 e. The zero-order valence-corrected chi connectivity index (χ0v) is 9.82. The van der Waals surface area contributed by atoms with Gasteiger partial charge in [-0.3, -0.25) is 0 Å². The molecule has 0 aromatic carbocycles. The maximum atomic E-state index is 5.41. The lowest BCUT2D eigenvalue weighted by Gasteiger charge is -1.99. The van der Waals surface area contributed by atoms with Crippen molar-refractivity contribution in [1.82, 2.24) is 4.98 Å².